The van der Waals surface area contributed by atoms with Gasteiger partial charge < -0.3 is 4.55 Å². The van der Waals surface area contributed by atoms with Gasteiger partial charge in [-0.05, 0) is 18.6 Å². The Morgan fingerprint density at radius 3 is 3.00 bits per heavy atom. The molecule has 0 saturated carbocycles. The molecule has 0 aliphatic rings. The van der Waals surface area contributed by atoms with Crippen LogP contribution in [0.15, 0.2) is 18.3 Å². The largest absolute Gasteiger partial charge is 0.306 e. The van der Waals surface area contributed by atoms with Crippen LogP contribution in [0.1, 0.15) is 11.3 Å². The maximum Gasteiger partial charge on any atom is 0.158 e. The van der Waals surface area contributed by atoms with Crippen molar-refractivity contribution in [3.05, 3.63) is 29.6 Å². The predicted octanol–water partition coefficient (Wildman–Crippen LogP) is 1.11. The Balaban J connectivity index is 2.86. The lowest BCUT2D eigenvalue weighted by atomic mass is 10.2. The van der Waals surface area contributed by atoms with Crippen LogP contribution < -0.4 is 0 Å². The van der Waals surface area contributed by atoms with E-state index in [2.05, 4.69) is 4.98 Å². The molecule has 1 aromatic rings. The molecule has 60 valence electrons. The first kappa shape index (κ1) is 8.36. The Hall–Kier alpha value is -0.740. The zero-order chi connectivity index (χ0) is 8.27. The van der Waals surface area contributed by atoms with Gasteiger partial charge in [0.2, 0.25) is 0 Å². The van der Waals surface area contributed by atoms with Crippen LogP contribution in [0.25, 0.3) is 0 Å². The molecule has 1 unspecified atom stereocenters. The van der Waals surface area contributed by atoms with Crippen molar-refractivity contribution in [2.75, 3.05) is 0 Å². The predicted molar refractivity (Wildman–Crippen MR) is 43.4 cm³/mol. The van der Waals surface area contributed by atoms with Crippen molar-refractivity contribution in [1.82, 2.24) is 4.98 Å². The van der Waals surface area contributed by atoms with Crippen molar-refractivity contribution in [1.29, 1.82) is 0 Å². The zero-order valence-electron chi connectivity index (χ0n) is 6.15. The van der Waals surface area contributed by atoms with Gasteiger partial charge in [0, 0.05) is 6.20 Å². The van der Waals surface area contributed by atoms with Crippen molar-refractivity contribution < 1.29 is 8.76 Å². The van der Waals surface area contributed by atoms with E-state index in [9.17, 15) is 4.21 Å². The third kappa shape index (κ3) is 2.40. The molecule has 0 radical (unpaired) electrons. The number of rotatable bonds is 2. The number of hydrogen-bond acceptors (Lipinski definition) is 2. The fraction of sp³-hybridized carbons (Fsp3) is 0.286. The normalized spacial score (nSPS) is 12.9. The molecule has 0 bridgehead atoms. The van der Waals surface area contributed by atoms with E-state index >= 15 is 0 Å². The molecule has 1 atom stereocenters. The Labute approximate surface area is 67.8 Å². The van der Waals surface area contributed by atoms with Crippen LogP contribution in [0, 0.1) is 6.92 Å². The molecule has 0 fully saturated rings. The number of aryl methyl sites for hydroxylation is 1. The molecule has 1 N–H and O–H groups in total. The second kappa shape index (κ2) is 3.59. The second-order valence-corrected chi connectivity index (χ2v) is 3.16. The monoisotopic (exact) mass is 171 g/mol. The van der Waals surface area contributed by atoms with E-state index < -0.39 is 11.1 Å². The van der Waals surface area contributed by atoms with E-state index in [0.717, 1.165) is 5.56 Å². The third-order valence-corrected chi connectivity index (χ3v) is 1.90. The fourth-order valence-corrected chi connectivity index (χ4v) is 1.32. The minimum atomic E-state index is -1.79. The number of nitrogens with zero attached hydrogens (tertiary/aromatic N) is 1. The fourth-order valence-electron chi connectivity index (χ4n) is 0.786. The summed E-state index contributed by atoms with van der Waals surface area (Å²) in [6.07, 6.45) is 1.62. The van der Waals surface area contributed by atoms with Gasteiger partial charge in [0.1, 0.15) is 0 Å². The maximum atomic E-state index is 10.4. The smallest absolute Gasteiger partial charge is 0.158 e. The van der Waals surface area contributed by atoms with Crippen LogP contribution in [-0.2, 0) is 16.8 Å². The summed E-state index contributed by atoms with van der Waals surface area (Å²) in [6, 6.07) is 3.67. The van der Waals surface area contributed by atoms with Gasteiger partial charge in [-0.25, -0.2) is 4.21 Å². The van der Waals surface area contributed by atoms with Gasteiger partial charge in [-0.2, -0.15) is 0 Å². The number of hydrogen-bond donors (Lipinski definition) is 1. The maximum absolute atomic E-state index is 10.4. The Morgan fingerprint density at radius 1 is 1.73 bits per heavy atom. The van der Waals surface area contributed by atoms with Crippen molar-refractivity contribution >= 4 is 11.1 Å². The van der Waals surface area contributed by atoms with E-state index in [-0.39, 0.29) is 5.75 Å². The molecule has 11 heavy (non-hydrogen) atoms. The average molecular weight is 171 g/mol. The summed E-state index contributed by atoms with van der Waals surface area (Å²) < 4.78 is 19.0. The lowest BCUT2D eigenvalue weighted by Gasteiger charge is -1.99. The summed E-state index contributed by atoms with van der Waals surface area (Å²) in [6.45, 7) is 1.87. The molecule has 0 aliphatic heterocycles. The molecule has 0 amide bonds. The molecular formula is C7H9NO2S. The minimum absolute atomic E-state index is 0.118. The first-order valence-electron chi connectivity index (χ1n) is 3.18. The van der Waals surface area contributed by atoms with E-state index in [1.165, 1.54) is 0 Å². The minimum Gasteiger partial charge on any atom is -0.306 e. The van der Waals surface area contributed by atoms with Crippen molar-refractivity contribution in [3.63, 3.8) is 0 Å². The summed E-state index contributed by atoms with van der Waals surface area (Å²) in [5, 5.41) is 0. The highest BCUT2D eigenvalue weighted by atomic mass is 32.2. The molecule has 0 aliphatic carbocycles. The molecule has 0 aromatic carbocycles. The van der Waals surface area contributed by atoms with Crippen LogP contribution in [0.2, 0.25) is 0 Å². The number of aromatic nitrogens is 1. The average Bonchev–Trinajstić information content (AvgIpc) is 1.93. The standard InChI is InChI=1S/C7H9NO2S/c1-6-3-2-4-8-7(6)5-11(9)10/h2-4H,5H2,1H3,(H,9,10). The van der Waals surface area contributed by atoms with Crippen LogP contribution in [0.4, 0.5) is 0 Å². The van der Waals surface area contributed by atoms with Crippen molar-refractivity contribution in [2.45, 2.75) is 12.7 Å². The van der Waals surface area contributed by atoms with E-state index in [1.807, 2.05) is 13.0 Å². The first-order valence-corrected chi connectivity index (χ1v) is 4.45. The SMILES string of the molecule is Cc1cccnc1CS(=O)O. The molecule has 0 saturated heterocycles. The molecule has 1 aromatic heterocycles. The van der Waals surface area contributed by atoms with Crippen LogP contribution in [-0.4, -0.2) is 13.7 Å². The lowest BCUT2D eigenvalue weighted by Crippen LogP contribution is -1.98. The van der Waals surface area contributed by atoms with E-state index in [1.54, 1.807) is 12.3 Å². The summed E-state index contributed by atoms with van der Waals surface area (Å²) in [5.41, 5.74) is 1.64. The molecular weight excluding hydrogens is 162 g/mol. The van der Waals surface area contributed by atoms with Crippen LogP contribution in [0.5, 0.6) is 0 Å². The quantitative estimate of drug-likeness (QED) is 0.678. The summed E-state index contributed by atoms with van der Waals surface area (Å²) in [5.74, 6) is 0.118. The van der Waals surface area contributed by atoms with E-state index in [4.69, 9.17) is 4.55 Å². The Morgan fingerprint density at radius 2 is 2.45 bits per heavy atom. The number of pyridine rings is 1. The first-order chi connectivity index (χ1) is 5.20. The Bertz CT molecular complexity index is 275. The summed E-state index contributed by atoms with van der Waals surface area (Å²) >= 11 is -1.79. The van der Waals surface area contributed by atoms with Crippen molar-refractivity contribution in [3.8, 4) is 0 Å². The third-order valence-electron chi connectivity index (χ3n) is 1.38. The van der Waals surface area contributed by atoms with Crippen molar-refractivity contribution in [2.24, 2.45) is 0 Å². The van der Waals surface area contributed by atoms with E-state index in [0.29, 0.717) is 5.69 Å². The van der Waals surface area contributed by atoms with Gasteiger partial charge in [-0.15, -0.1) is 0 Å². The topological polar surface area (TPSA) is 50.2 Å². The summed E-state index contributed by atoms with van der Waals surface area (Å²) in [7, 11) is 0. The molecule has 1 heterocycles. The highest BCUT2D eigenvalue weighted by Crippen LogP contribution is 2.04. The van der Waals surface area contributed by atoms with Gasteiger partial charge in [0.15, 0.2) is 11.1 Å². The van der Waals surface area contributed by atoms with Gasteiger partial charge in [0.25, 0.3) is 0 Å². The lowest BCUT2D eigenvalue weighted by molar-refractivity contribution is 0.562. The van der Waals surface area contributed by atoms with Crippen LogP contribution in [0.3, 0.4) is 0 Å². The molecule has 1 rings (SSSR count). The van der Waals surface area contributed by atoms with Gasteiger partial charge >= 0.3 is 0 Å². The molecule has 3 nitrogen and oxygen atoms in total. The highest BCUT2D eigenvalue weighted by Gasteiger charge is 2.01. The second-order valence-electron chi connectivity index (χ2n) is 2.23. The van der Waals surface area contributed by atoms with Crippen LogP contribution >= 0.6 is 0 Å². The zero-order valence-corrected chi connectivity index (χ0v) is 6.97. The Kier molecular flexibility index (Phi) is 2.73. The highest BCUT2D eigenvalue weighted by molar-refractivity contribution is 7.78. The summed E-state index contributed by atoms with van der Waals surface area (Å²) in [4.78, 5) is 3.97. The molecule has 4 heteroatoms. The van der Waals surface area contributed by atoms with Gasteiger partial charge in [0.05, 0.1) is 11.4 Å². The van der Waals surface area contributed by atoms with Gasteiger partial charge in [-0.1, -0.05) is 6.07 Å². The van der Waals surface area contributed by atoms with Gasteiger partial charge in [-0.3, -0.25) is 4.98 Å². The molecule has 0 spiro atoms.